The third-order valence-electron chi connectivity index (χ3n) is 1.49. The van der Waals surface area contributed by atoms with E-state index < -0.39 is 0 Å². The summed E-state index contributed by atoms with van der Waals surface area (Å²) in [4.78, 5) is 14.6. The zero-order valence-corrected chi connectivity index (χ0v) is 7.30. The number of alkyl halides is 1. The molecule has 0 bridgehead atoms. The monoisotopic (exact) mass is 185 g/mol. The Hall–Kier alpha value is -1.09. The molecule has 0 saturated heterocycles. The second-order valence-electron chi connectivity index (χ2n) is 2.36. The van der Waals surface area contributed by atoms with Gasteiger partial charge in [0.25, 0.3) is 0 Å². The molecule has 0 spiro atoms. The standard InChI is InChI=1S/C8H8ClNO2/c1-5(11)7-8(12)6(4-9)2-3-10-7/h2-3,12H,4H2,1H3. The number of pyridine rings is 1. The molecule has 1 aromatic rings. The molecule has 1 rings (SSSR count). The fourth-order valence-electron chi connectivity index (χ4n) is 0.859. The van der Waals surface area contributed by atoms with E-state index in [0.29, 0.717) is 5.56 Å². The van der Waals surface area contributed by atoms with E-state index in [-0.39, 0.29) is 23.1 Å². The van der Waals surface area contributed by atoms with Crippen molar-refractivity contribution in [3.63, 3.8) is 0 Å². The van der Waals surface area contributed by atoms with Crippen molar-refractivity contribution in [2.24, 2.45) is 0 Å². The predicted octanol–water partition coefficient (Wildman–Crippen LogP) is 1.73. The third-order valence-corrected chi connectivity index (χ3v) is 1.77. The SMILES string of the molecule is CC(=O)c1nccc(CCl)c1O. The zero-order valence-electron chi connectivity index (χ0n) is 6.54. The summed E-state index contributed by atoms with van der Waals surface area (Å²) >= 11 is 5.51. The highest BCUT2D eigenvalue weighted by Gasteiger charge is 2.10. The van der Waals surface area contributed by atoms with Gasteiger partial charge in [0.2, 0.25) is 0 Å². The Morgan fingerprint density at radius 2 is 2.42 bits per heavy atom. The third kappa shape index (κ3) is 1.56. The number of aromatic hydroxyl groups is 1. The molecule has 0 saturated carbocycles. The molecule has 4 heteroatoms. The van der Waals surface area contributed by atoms with E-state index >= 15 is 0 Å². The second-order valence-corrected chi connectivity index (χ2v) is 2.62. The van der Waals surface area contributed by atoms with Crippen LogP contribution in [0.2, 0.25) is 0 Å². The molecule has 64 valence electrons. The quantitative estimate of drug-likeness (QED) is 0.564. The Balaban J connectivity index is 3.23. The summed E-state index contributed by atoms with van der Waals surface area (Å²) in [7, 11) is 0. The van der Waals surface area contributed by atoms with Crippen molar-refractivity contribution in [2.75, 3.05) is 0 Å². The van der Waals surface area contributed by atoms with Crippen LogP contribution < -0.4 is 0 Å². The maximum absolute atomic E-state index is 10.9. The predicted molar refractivity (Wildman–Crippen MR) is 45.5 cm³/mol. The van der Waals surface area contributed by atoms with Crippen LogP contribution in [-0.4, -0.2) is 15.9 Å². The number of nitrogens with zero attached hydrogens (tertiary/aromatic N) is 1. The fourth-order valence-corrected chi connectivity index (χ4v) is 1.08. The van der Waals surface area contributed by atoms with E-state index in [2.05, 4.69) is 4.98 Å². The van der Waals surface area contributed by atoms with Gasteiger partial charge in [0.1, 0.15) is 11.4 Å². The number of carbonyl (C=O) groups is 1. The smallest absolute Gasteiger partial charge is 0.181 e. The van der Waals surface area contributed by atoms with Gasteiger partial charge in [0.15, 0.2) is 5.78 Å². The number of aromatic nitrogens is 1. The van der Waals surface area contributed by atoms with Gasteiger partial charge in [0.05, 0.1) is 5.88 Å². The van der Waals surface area contributed by atoms with Gasteiger partial charge in [-0.1, -0.05) is 0 Å². The Labute approximate surface area is 75.0 Å². The number of rotatable bonds is 2. The first kappa shape index (κ1) is 9.00. The van der Waals surface area contributed by atoms with Crippen molar-refractivity contribution in [3.05, 3.63) is 23.5 Å². The molecule has 12 heavy (non-hydrogen) atoms. The van der Waals surface area contributed by atoms with Gasteiger partial charge in [-0.3, -0.25) is 4.79 Å². The van der Waals surface area contributed by atoms with Crippen molar-refractivity contribution < 1.29 is 9.90 Å². The van der Waals surface area contributed by atoms with Gasteiger partial charge < -0.3 is 5.11 Å². The van der Waals surface area contributed by atoms with Crippen LogP contribution in [0.25, 0.3) is 0 Å². The molecule has 1 heterocycles. The largest absolute Gasteiger partial charge is 0.505 e. The van der Waals surface area contributed by atoms with Crippen molar-refractivity contribution in [1.29, 1.82) is 0 Å². The summed E-state index contributed by atoms with van der Waals surface area (Å²) in [6.45, 7) is 1.35. The minimum atomic E-state index is -0.264. The minimum absolute atomic E-state index is 0.0770. The normalized spacial score (nSPS) is 9.83. The number of hydrogen-bond donors (Lipinski definition) is 1. The highest BCUT2D eigenvalue weighted by molar-refractivity contribution is 6.17. The Bertz CT molecular complexity index is 312. The first-order chi connectivity index (χ1) is 5.66. The van der Waals surface area contributed by atoms with E-state index in [9.17, 15) is 9.90 Å². The molecule has 0 unspecified atom stereocenters. The molecular formula is C8H8ClNO2. The van der Waals surface area contributed by atoms with Crippen molar-refractivity contribution in [3.8, 4) is 5.75 Å². The second kappa shape index (κ2) is 3.54. The molecule has 0 fully saturated rings. The van der Waals surface area contributed by atoms with Crippen LogP contribution in [0.4, 0.5) is 0 Å². The zero-order chi connectivity index (χ0) is 9.14. The highest BCUT2D eigenvalue weighted by atomic mass is 35.5. The van der Waals surface area contributed by atoms with Gasteiger partial charge in [0, 0.05) is 18.7 Å². The Morgan fingerprint density at radius 3 is 2.92 bits per heavy atom. The van der Waals surface area contributed by atoms with Crippen molar-refractivity contribution in [2.45, 2.75) is 12.8 Å². The van der Waals surface area contributed by atoms with Gasteiger partial charge >= 0.3 is 0 Å². The molecular weight excluding hydrogens is 178 g/mol. The molecule has 0 aliphatic heterocycles. The lowest BCUT2D eigenvalue weighted by Gasteiger charge is -2.02. The highest BCUT2D eigenvalue weighted by Crippen LogP contribution is 2.21. The lowest BCUT2D eigenvalue weighted by atomic mass is 10.2. The van der Waals surface area contributed by atoms with Crippen LogP contribution >= 0.6 is 11.6 Å². The van der Waals surface area contributed by atoms with Crippen LogP contribution in [0.3, 0.4) is 0 Å². The molecule has 0 aliphatic rings. The fraction of sp³-hybridized carbons (Fsp3) is 0.250. The van der Waals surface area contributed by atoms with Gasteiger partial charge in [-0.05, 0) is 6.07 Å². The molecule has 0 aromatic carbocycles. The number of ketones is 1. The van der Waals surface area contributed by atoms with E-state index in [4.69, 9.17) is 11.6 Å². The van der Waals surface area contributed by atoms with E-state index in [1.807, 2.05) is 0 Å². The average molecular weight is 186 g/mol. The van der Waals surface area contributed by atoms with Crippen LogP contribution in [-0.2, 0) is 5.88 Å². The Kier molecular flexibility index (Phi) is 2.65. The Morgan fingerprint density at radius 1 is 1.75 bits per heavy atom. The molecule has 1 N–H and O–H groups in total. The maximum Gasteiger partial charge on any atom is 0.181 e. The van der Waals surface area contributed by atoms with E-state index in [1.165, 1.54) is 13.1 Å². The lowest BCUT2D eigenvalue weighted by molar-refractivity contribution is 0.101. The van der Waals surface area contributed by atoms with Crippen molar-refractivity contribution in [1.82, 2.24) is 4.98 Å². The molecule has 0 amide bonds. The maximum atomic E-state index is 10.9. The summed E-state index contributed by atoms with van der Waals surface area (Å²) in [5.74, 6) is -0.200. The number of Topliss-reactive ketones (excluding diaryl/α,β-unsaturated/α-hetero) is 1. The molecule has 3 nitrogen and oxygen atoms in total. The summed E-state index contributed by atoms with van der Waals surface area (Å²) < 4.78 is 0. The first-order valence-electron chi connectivity index (χ1n) is 3.40. The van der Waals surface area contributed by atoms with Crippen molar-refractivity contribution >= 4 is 17.4 Å². The lowest BCUT2D eigenvalue weighted by Crippen LogP contribution is -1.98. The topological polar surface area (TPSA) is 50.2 Å². The molecule has 1 aromatic heterocycles. The van der Waals surface area contributed by atoms with Gasteiger partial charge in [-0.15, -0.1) is 11.6 Å². The summed E-state index contributed by atoms with van der Waals surface area (Å²) in [6, 6.07) is 1.58. The number of halogens is 1. The first-order valence-corrected chi connectivity index (χ1v) is 3.94. The van der Waals surface area contributed by atoms with Crippen LogP contribution in [0, 0.1) is 0 Å². The van der Waals surface area contributed by atoms with E-state index in [0.717, 1.165) is 0 Å². The van der Waals surface area contributed by atoms with E-state index in [1.54, 1.807) is 6.07 Å². The van der Waals surface area contributed by atoms with Crippen LogP contribution in [0.5, 0.6) is 5.75 Å². The molecule has 0 radical (unpaired) electrons. The average Bonchev–Trinajstić information content (AvgIpc) is 2.04. The molecule has 0 aliphatic carbocycles. The van der Waals surface area contributed by atoms with Crippen LogP contribution in [0.1, 0.15) is 23.0 Å². The van der Waals surface area contributed by atoms with Gasteiger partial charge in [-0.2, -0.15) is 0 Å². The number of carbonyl (C=O) groups excluding carboxylic acids is 1. The van der Waals surface area contributed by atoms with Crippen LogP contribution in [0.15, 0.2) is 12.3 Å². The summed E-state index contributed by atoms with van der Waals surface area (Å²) in [5, 5.41) is 9.39. The number of hydrogen-bond acceptors (Lipinski definition) is 3. The molecule has 0 atom stereocenters. The van der Waals surface area contributed by atoms with Gasteiger partial charge in [-0.25, -0.2) is 4.98 Å². The minimum Gasteiger partial charge on any atom is -0.505 e. The summed E-state index contributed by atoms with van der Waals surface area (Å²) in [5.41, 5.74) is 0.602. The summed E-state index contributed by atoms with van der Waals surface area (Å²) in [6.07, 6.45) is 1.45.